The third-order valence-corrected chi connectivity index (χ3v) is 4.73. The first-order valence-corrected chi connectivity index (χ1v) is 7.56. The molecule has 0 aliphatic heterocycles. The van der Waals surface area contributed by atoms with Gasteiger partial charge in [0, 0.05) is 17.1 Å². The van der Waals surface area contributed by atoms with Crippen LogP contribution >= 0.6 is 27.5 Å². The SMILES string of the molecule is CC(c1ccccc1F)N(C)C(=O)c1cccc(Br)c1Cl. The lowest BCUT2D eigenvalue weighted by atomic mass is 10.1. The van der Waals surface area contributed by atoms with Gasteiger partial charge in [-0.2, -0.15) is 0 Å². The van der Waals surface area contributed by atoms with Gasteiger partial charge in [-0.05, 0) is 41.1 Å². The summed E-state index contributed by atoms with van der Waals surface area (Å²) in [5, 5.41) is 0.357. The maximum absolute atomic E-state index is 13.8. The molecule has 0 saturated carbocycles. The van der Waals surface area contributed by atoms with Gasteiger partial charge in [0.15, 0.2) is 0 Å². The fraction of sp³-hybridized carbons (Fsp3) is 0.188. The molecule has 21 heavy (non-hydrogen) atoms. The van der Waals surface area contributed by atoms with E-state index < -0.39 is 6.04 Å². The Balaban J connectivity index is 2.31. The molecule has 0 radical (unpaired) electrons. The molecule has 0 saturated heterocycles. The fourth-order valence-electron chi connectivity index (χ4n) is 2.06. The van der Waals surface area contributed by atoms with Gasteiger partial charge in [-0.15, -0.1) is 0 Å². The van der Waals surface area contributed by atoms with Gasteiger partial charge in [0.05, 0.1) is 16.6 Å². The highest BCUT2D eigenvalue weighted by Gasteiger charge is 2.23. The van der Waals surface area contributed by atoms with E-state index in [-0.39, 0.29) is 11.7 Å². The van der Waals surface area contributed by atoms with Crippen molar-refractivity contribution in [1.82, 2.24) is 4.90 Å². The minimum absolute atomic E-state index is 0.253. The van der Waals surface area contributed by atoms with E-state index in [1.54, 1.807) is 50.4 Å². The summed E-state index contributed by atoms with van der Waals surface area (Å²) >= 11 is 9.44. The summed E-state index contributed by atoms with van der Waals surface area (Å²) in [6, 6.07) is 11.2. The molecule has 0 fully saturated rings. The second-order valence-corrected chi connectivity index (χ2v) is 5.95. The minimum Gasteiger partial charge on any atom is -0.335 e. The summed E-state index contributed by atoms with van der Waals surface area (Å²) < 4.78 is 14.5. The zero-order valence-corrected chi connectivity index (χ0v) is 14.0. The van der Waals surface area contributed by atoms with Crippen molar-refractivity contribution in [3.63, 3.8) is 0 Å². The molecule has 2 rings (SSSR count). The Kier molecular flexibility index (Phi) is 5.01. The highest BCUT2D eigenvalue weighted by atomic mass is 79.9. The molecular weight excluding hydrogens is 357 g/mol. The topological polar surface area (TPSA) is 20.3 Å². The smallest absolute Gasteiger partial charge is 0.255 e. The molecule has 2 aromatic carbocycles. The minimum atomic E-state index is -0.395. The standard InChI is InChI=1S/C16H14BrClFNO/c1-10(11-6-3-4-9-14(11)19)20(2)16(21)12-7-5-8-13(17)15(12)18/h3-10H,1-2H3. The van der Waals surface area contributed by atoms with Gasteiger partial charge in [0.1, 0.15) is 5.82 Å². The zero-order valence-electron chi connectivity index (χ0n) is 11.6. The summed E-state index contributed by atoms with van der Waals surface area (Å²) in [7, 11) is 1.64. The summed E-state index contributed by atoms with van der Waals surface area (Å²) in [4.78, 5) is 14.0. The quantitative estimate of drug-likeness (QED) is 0.738. The molecule has 2 aromatic rings. The van der Waals surface area contributed by atoms with Gasteiger partial charge in [-0.3, -0.25) is 4.79 Å². The van der Waals surface area contributed by atoms with Gasteiger partial charge in [0.2, 0.25) is 0 Å². The van der Waals surface area contributed by atoms with Gasteiger partial charge in [-0.25, -0.2) is 4.39 Å². The average Bonchev–Trinajstić information content (AvgIpc) is 2.48. The van der Waals surface area contributed by atoms with E-state index in [0.717, 1.165) is 0 Å². The number of halogens is 3. The van der Waals surface area contributed by atoms with Crippen LogP contribution in [0.1, 0.15) is 28.9 Å². The van der Waals surface area contributed by atoms with Crippen molar-refractivity contribution in [2.75, 3.05) is 7.05 Å². The lowest BCUT2D eigenvalue weighted by Gasteiger charge is -2.26. The van der Waals surface area contributed by atoms with Crippen molar-refractivity contribution in [2.45, 2.75) is 13.0 Å². The lowest BCUT2D eigenvalue weighted by Crippen LogP contribution is -2.30. The third kappa shape index (κ3) is 3.27. The molecule has 1 amide bonds. The summed E-state index contributed by atoms with van der Waals surface area (Å²) in [5.74, 6) is -0.581. The number of carbonyl (C=O) groups excluding carboxylic acids is 1. The van der Waals surface area contributed by atoms with Crippen LogP contribution in [-0.4, -0.2) is 17.9 Å². The molecule has 5 heteroatoms. The average molecular weight is 371 g/mol. The lowest BCUT2D eigenvalue weighted by molar-refractivity contribution is 0.0740. The van der Waals surface area contributed by atoms with E-state index in [4.69, 9.17) is 11.6 Å². The van der Waals surface area contributed by atoms with E-state index in [1.165, 1.54) is 11.0 Å². The van der Waals surface area contributed by atoms with Gasteiger partial charge in [-0.1, -0.05) is 35.9 Å². The predicted molar refractivity (Wildman–Crippen MR) is 86.1 cm³/mol. The number of rotatable bonds is 3. The van der Waals surface area contributed by atoms with E-state index >= 15 is 0 Å². The maximum Gasteiger partial charge on any atom is 0.255 e. The second-order valence-electron chi connectivity index (χ2n) is 4.71. The van der Waals surface area contributed by atoms with Crippen molar-refractivity contribution >= 4 is 33.4 Å². The maximum atomic E-state index is 13.8. The molecule has 0 aromatic heterocycles. The van der Waals surface area contributed by atoms with Crippen LogP contribution in [0.4, 0.5) is 4.39 Å². The molecule has 0 bridgehead atoms. The fourth-order valence-corrected chi connectivity index (χ4v) is 2.63. The summed E-state index contributed by atoms with van der Waals surface area (Å²) in [6.45, 7) is 1.78. The zero-order chi connectivity index (χ0) is 15.6. The molecule has 1 unspecified atom stereocenters. The Morgan fingerprint density at radius 1 is 1.24 bits per heavy atom. The first-order chi connectivity index (χ1) is 9.93. The molecule has 110 valence electrons. The van der Waals surface area contributed by atoms with Crippen molar-refractivity contribution in [2.24, 2.45) is 0 Å². The van der Waals surface area contributed by atoms with Crippen LogP contribution in [0.2, 0.25) is 5.02 Å². The molecule has 2 nitrogen and oxygen atoms in total. The molecule has 0 N–H and O–H groups in total. The Morgan fingerprint density at radius 2 is 1.90 bits per heavy atom. The monoisotopic (exact) mass is 369 g/mol. The normalized spacial score (nSPS) is 12.0. The summed E-state index contributed by atoms with van der Waals surface area (Å²) in [6.07, 6.45) is 0. The van der Waals surface area contributed by atoms with Gasteiger partial charge >= 0.3 is 0 Å². The number of hydrogen-bond donors (Lipinski definition) is 0. The third-order valence-electron chi connectivity index (χ3n) is 3.44. The van der Waals surface area contributed by atoms with Crippen LogP contribution in [-0.2, 0) is 0 Å². The van der Waals surface area contributed by atoms with Crippen LogP contribution in [0, 0.1) is 5.82 Å². The first-order valence-electron chi connectivity index (χ1n) is 6.39. The molecule has 0 spiro atoms. The van der Waals surface area contributed by atoms with Gasteiger partial charge < -0.3 is 4.90 Å². The number of carbonyl (C=O) groups is 1. The Morgan fingerprint density at radius 3 is 2.57 bits per heavy atom. The van der Waals surface area contributed by atoms with Crippen LogP contribution in [0.25, 0.3) is 0 Å². The highest BCUT2D eigenvalue weighted by molar-refractivity contribution is 9.10. The second kappa shape index (κ2) is 6.58. The van der Waals surface area contributed by atoms with E-state index in [2.05, 4.69) is 15.9 Å². The van der Waals surface area contributed by atoms with Crippen molar-refractivity contribution in [1.29, 1.82) is 0 Å². The molecule has 1 atom stereocenters. The largest absolute Gasteiger partial charge is 0.335 e. The number of nitrogens with zero attached hydrogens (tertiary/aromatic N) is 1. The van der Waals surface area contributed by atoms with E-state index in [0.29, 0.717) is 20.6 Å². The molecule has 0 aliphatic rings. The van der Waals surface area contributed by atoms with E-state index in [1.807, 2.05) is 0 Å². The molecule has 0 aliphatic carbocycles. The number of hydrogen-bond acceptors (Lipinski definition) is 1. The Labute approximate surface area is 136 Å². The predicted octanol–water partition coefficient (Wildman–Crippen LogP) is 5.07. The van der Waals surface area contributed by atoms with Crippen LogP contribution < -0.4 is 0 Å². The van der Waals surface area contributed by atoms with Crippen LogP contribution in [0.3, 0.4) is 0 Å². The van der Waals surface area contributed by atoms with Crippen LogP contribution in [0.15, 0.2) is 46.9 Å². The molecule has 0 heterocycles. The number of benzene rings is 2. The van der Waals surface area contributed by atoms with Crippen LogP contribution in [0.5, 0.6) is 0 Å². The highest BCUT2D eigenvalue weighted by Crippen LogP contribution is 2.29. The van der Waals surface area contributed by atoms with Crippen molar-refractivity contribution < 1.29 is 9.18 Å². The van der Waals surface area contributed by atoms with Crippen molar-refractivity contribution in [3.8, 4) is 0 Å². The first kappa shape index (κ1) is 16.0. The van der Waals surface area contributed by atoms with E-state index in [9.17, 15) is 9.18 Å². The molecular formula is C16H14BrClFNO. The number of amides is 1. The Hall–Kier alpha value is -1.39. The van der Waals surface area contributed by atoms with Gasteiger partial charge in [0.25, 0.3) is 5.91 Å². The van der Waals surface area contributed by atoms with Crippen molar-refractivity contribution in [3.05, 3.63) is 68.9 Å². The summed E-state index contributed by atoms with van der Waals surface area (Å²) in [5.41, 5.74) is 0.858. The Bertz CT molecular complexity index is 677.